The van der Waals surface area contributed by atoms with Crippen LogP contribution in [0.5, 0.6) is 0 Å². The van der Waals surface area contributed by atoms with Crippen LogP contribution < -0.4 is 5.56 Å². The molecule has 4 heterocycles. The van der Waals surface area contributed by atoms with E-state index in [-0.39, 0.29) is 23.8 Å². The van der Waals surface area contributed by atoms with Crippen LogP contribution in [0.4, 0.5) is 4.39 Å². The highest BCUT2D eigenvalue weighted by molar-refractivity contribution is 6.31. The van der Waals surface area contributed by atoms with Crippen LogP contribution in [0, 0.1) is 11.7 Å². The lowest BCUT2D eigenvalue weighted by Crippen LogP contribution is -2.47. The molecule has 2 aliphatic heterocycles. The van der Waals surface area contributed by atoms with E-state index in [9.17, 15) is 9.18 Å². The second kappa shape index (κ2) is 9.03. The van der Waals surface area contributed by atoms with Crippen LogP contribution in [0.2, 0.25) is 5.02 Å². The van der Waals surface area contributed by atoms with Crippen molar-refractivity contribution in [2.45, 2.75) is 25.4 Å². The number of nitrogens with zero attached hydrogens (tertiary/aromatic N) is 3. The number of rotatable bonds is 3. The van der Waals surface area contributed by atoms with Crippen molar-refractivity contribution in [2.75, 3.05) is 13.1 Å². The molecule has 2 atom stereocenters. The molecular formula is C22H22ClFN4O3. The molecule has 1 aromatic carbocycles. The number of imidazole rings is 1. The number of piperidine rings is 1. The van der Waals surface area contributed by atoms with E-state index >= 15 is 0 Å². The van der Waals surface area contributed by atoms with Crippen molar-refractivity contribution in [2.24, 2.45) is 5.92 Å². The normalized spacial score (nSPS) is 19.8. The molecule has 5 rings (SSSR count). The minimum absolute atomic E-state index is 0.00717. The molecule has 9 heteroatoms. The Morgan fingerprint density at radius 3 is 2.77 bits per heavy atom. The number of aromatic amines is 1. The van der Waals surface area contributed by atoms with E-state index in [1.54, 1.807) is 24.5 Å². The smallest absolute Gasteiger partial charge is 0.290 e. The highest BCUT2D eigenvalue weighted by Crippen LogP contribution is 2.36. The Kier molecular flexibility index (Phi) is 6.20. The molecule has 2 aliphatic rings. The number of fused-ring (bicyclic) bond motifs is 4. The Morgan fingerprint density at radius 1 is 1.26 bits per heavy atom. The molecule has 2 N–H and O–H groups in total. The number of hydrogen-bond acceptors (Lipinski definition) is 4. The molecule has 0 saturated carbocycles. The van der Waals surface area contributed by atoms with E-state index in [1.807, 2.05) is 16.7 Å². The van der Waals surface area contributed by atoms with Gasteiger partial charge in [-0.2, -0.15) is 0 Å². The number of halogens is 2. The first-order valence-corrected chi connectivity index (χ1v) is 10.4. The van der Waals surface area contributed by atoms with Gasteiger partial charge in [0.15, 0.2) is 0 Å². The topological polar surface area (TPSA) is 91.2 Å². The molecule has 2 bridgehead atoms. The number of H-pyrrole nitrogens is 1. The molecule has 0 aliphatic carbocycles. The fraction of sp³-hybridized carbons (Fsp3) is 0.318. The molecule has 162 valence electrons. The number of carboxylic acid groups (broad SMARTS) is 1. The Morgan fingerprint density at radius 2 is 2.06 bits per heavy atom. The predicted molar refractivity (Wildman–Crippen MR) is 115 cm³/mol. The highest BCUT2D eigenvalue weighted by atomic mass is 35.5. The number of likely N-dealkylation sites (tertiary alicyclic amines) is 1. The summed E-state index contributed by atoms with van der Waals surface area (Å²) >= 11 is 6.22. The average Bonchev–Trinajstić information content (AvgIpc) is 3.27. The van der Waals surface area contributed by atoms with Crippen molar-refractivity contribution < 1.29 is 14.3 Å². The van der Waals surface area contributed by atoms with Crippen molar-refractivity contribution >= 4 is 18.1 Å². The molecule has 1 fully saturated rings. The van der Waals surface area contributed by atoms with Crippen LogP contribution in [0.15, 0.2) is 47.5 Å². The van der Waals surface area contributed by atoms with Gasteiger partial charge in [0.1, 0.15) is 11.6 Å². The lowest BCUT2D eigenvalue weighted by molar-refractivity contribution is -0.122. The zero-order valence-corrected chi connectivity index (χ0v) is 17.4. The van der Waals surface area contributed by atoms with E-state index in [2.05, 4.69) is 14.9 Å². The first-order valence-electron chi connectivity index (χ1n) is 9.98. The molecular weight excluding hydrogens is 423 g/mol. The molecule has 0 amide bonds. The first-order chi connectivity index (χ1) is 15.0. The van der Waals surface area contributed by atoms with E-state index in [0.717, 1.165) is 25.2 Å². The van der Waals surface area contributed by atoms with Gasteiger partial charge in [0.2, 0.25) is 0 Å². The predicted octanol–water partition coefficient (Wildman–Crippen LogP) is 3.35. The second-order valence-electron chi connectivity index (χ2n) is 7.82. The highest BCUT2D eigenvalue weighted by Gasteiger charge is 2.35. The maximum absolute atomic E-state index is 14.2. The third-order valence-electron chi connectivity index (χ3n) is 5.88. The number of hydrogen-bond donors (Lipinski definition) is 2. The summed E-state index contributed by atoms with van der Waals surface area (Å²) in [4.78, 5) is 30.9. The van der Waals surface area contributed by atoms with Crippen molar-refractivity contribution in [3.05, 3.63) is 75.2 Å². The molecule has 0 unspecified atom stereocenters. The molecule has 2 aromatic heterocycles. The molecule has 3 aromatic rings. The summed E-state index contributed by atoms with van der Waals surface area (Å²) in [5.74, 6) is 0.965. The van der Waals surface area contributed by atoms with Gasteiger partial charge < -0.3 is 14.7 Å². The molecule has 7 nitrogen and oxygen atoms in total. The maximum atomic E-state index is 14.2. The number of nitrogens with one attached hydrogen (secondary N) is 1. The van der Waals surface area contributed by atoms with Gasteiger partial charge >= 0.3 is 0 Å². The summed E-state index contributed by atoms with van der Waals surface area (Å²) in [7, 11) is 0. The quantitative estimate of drug-likeness (QED) is 0.604. The van der Waals surface area contributed by atoms with Gasteiger partial charge in [-0.05, 0) is 36.6 Å². The fourth-order valence-corrected chi connectivity index (χ4v) is 4.90. The largest absolute Gasteiger partial charge is 0.483 e. The summed E-state index contributed by atoms with van der Waals surface area (Å²) in [6.45, 7) is 2.55. The van der Waals surface area contributed by atoms with Gasteiger partial charge in [-0.1, -0.05) is 17.7 Å². The Bertz CT molecular complexity index is 1110. The number of pyridine rings is 1. The zero-order valence-electron chi connectivity index (χ0n) is 16.7. The fourth-order valence-electron chi connectivity index (χ4n) is 4.67. The molecule has 0 radical (unpaired) electrons. The van der Waals surface area contributed by atoms with Crippen LogP contribution in [-0.4, -0.2) is 44.1 Å². The van der Waals surface area contributed by atoms with Crippen molar-refractivity contribution in [1.29, 1.82) is 0 Å². The van der Waals surface area contributed by atoms with Gasteiger partial charge in [0.05, 0.1) is 5.56 Å². The number of aromatic nitrogens is 3. The maximum Gasteiger partial charge on any atom is 0.290 e. The minimum Gasteiger partial charge on any atom is -0.483 e. The van der Waals surface area contributed by atoms with Gasteiger partial charge in [-0.15, -0.1) is 0 Å². The number of benzene rings is 1. The Balaban J connectivity index is 0.000000730. The zero-order chi connectivity index (χ0) is 22.0. The SMILES string of the molecule is O=CO.O=c1c(-c2ncc[nH]2)ccc2n1C[C@H]1C[C@@H]2CN(Cc2c(F)cccc2Cl)C1. The summed E-state index contributed by atoms with van der Waals surface area (Å²) in [5, 5.41) is 7.36. The monoisotopic (exact) mass is 444 g/mol. The second-order valence-corrected chi connectivity index (χ2v) is 8.23. The summed E-state index contributed by atoms with van der Waals surface area (Å²) in [6.07, 6.45) is 4.43. The van der Waals surface area contributed by atoms with Crippen molar-refractivity contribution in [3.8, 4) is 11.4 Å². The summed E-state index contributed by atoms with van der Waals surface area (Å²) < 4.78 is 16.1. The number of carbonyl (C=O) groups is 1. The van der Waals surface area contributed by atoms with E-state index in [4.69, 9.17) is 21.5 Å². The van der Waals surface area contributed by atoms with Crippen LogP contribution >= 0.6 is 11.6 Å². The van der Waals surface area contributed by atoms with Gasteiger partial charge in [0.25, 0.3) is 12.0 Å². The molecule has 1 saturated heterocycles. The van der Waals surface area contributed by atoms with Crippen molar-refractivity contribution in [1.82, 2.24) is 19.4 Å². The summed E-state index contributed by atoms with van der Waals surface area (Å²) in [6, 6.07) is 8.72. The Hall–Kier alpha value is -2.97. The lowest BCUT2D eigenvalue weighted by atomic mass is 9.82. The lowest BCUT2D eigenvalue weighted by Gasteiger charge is -2.43. The Labute approximate surface area is 183 Å². The summed E-state index contributed by atoms with van der Waals surface area (Å²) in [5.41, 5.74) is 2.21. The van der Waals surface area contributed by atoms with Gasteiger partial charge in [0, 0.05) is 60.8 Å². The van der Waals surface area contributed by atoms with Crippen molar-refractivity contribution in [3.63, 3.8) is 0 Å². The average molecular weight is 445 g/mol. The van der Waals surface area contributed by atoms with Gasteiger partial charge in [-0.3, -0.25) is 14.5 Å². The van der Waals surface area contributed by atoms with Crippen LogP contribution in [-0.2, 0) is 17.9 Å². The van der Waals surface area contributed by atoms with Gasteiger partial charge in [-0.25, -0.2) is 9.37 Å². The van der Waals surface area contributed by atoms with E-state index < -0.39 is 0 Å². The third kappa shape index (κ3) is 4.26. The third-order valence-corrected chi connectivity index (χ3v) is 6.23. The minimum atomic E-state index is -0.261. The van der Waals surface area contributed by atoms with Crippen LogP contribution in [0.3, 0.4) is 0 Å². The van der Waals surface area contributed by atoms with E-state index in [0.29, 0.717) is 41.0 Å². The standard InChI is InChI=1S/C21H20ClFN4O.CH2O2/c22-17-2-1-3-18(23)16(17)12-26-9-13-8-14(11-26)19-5-4-15(20-24-6-7-25-20)21(28)27(19)10-13;2-1-3/h1-7,13-14H,8-12H2,(H,24,25);1H,(H,2,3)/t13-,14+;/m0./s1. The van der Waals surface area contributed by atoms with Crippen LogP contribution in [0.1, 0.15) is 23.6 Å². The first kappa shape index (κ1) is 21.3. The molecule has 0 spiro atoms. The van der Waals surface area contributed by atoms with Crippen LogP contribution in [0.25, 0.3) is 11.4 Å². The van der Waals surface area contributed by atoms with E-state index in [1.165, 1.54) is 6.07 Å². The molecule has 31 heavy (non-hydrogen) atoms.